The normalized spacial score (nSPS) is 21.3. The summed E-state index contributed by atoms with van der Waals surface area (Å²) in [5, 5.41) is 12.6. The van der Waals surface area contributed by atoms with Crippen LogP contribution in [0.4, 0.5) is 0 Å². The van der Waals surface area contributed by atoms with Gasteiger partial charge in [-0.1, -0.05) is 26.7 Å². The zero-order valence-electron chi connectivity index (χ0n) is 11.8. The van der Waals surface area contributed by atoms with Crippen molar-refractivity contribution in [3.05, 3.63) is 0 Å². The fourth-order valence-electron chi connectivity index (χ4n) is 2.03. The van der Waals surface area contributed by atoms with Gasteiger partial charge in [-0.05, 0) is 32.6 Å². The molecule has 0 spiro atoms. The van der Waals surface area contributed by atoms with Crippen LogP contribution in [0.1, 0.15) is 53.4 Å². The summed E-state index contributed by atoms with van der Waals surface area (Å²) < 4.78 is 0. The molecular weight excluding hydrogens is 244 g/mol. The lowest BCUT2D eigenvalue weighted by atomic mass is 9.90. The topological polar surface area (TPSA) is 52.9 Å². The molecule has 0 bridgehead atoms. The minimum absolute atomic E-state index is 0.00958. The van der Waals surface area contributed by atoms with Crippen molar-refractivity contribution in [3.63, 3.8) is 0 Å². The average Bonchev–Trinajstić information content (AvgIpc) is 2.81. The first-order valence-corrected chi connectivity index (χ1v) is 7.72. The summed E-state index contributed by atoms with van der Waals surface area (Å²) in [6, 6.07) is 2.22. The highest BCUT2D eigenvalue weighted by Gasteiger charge is 2.32. The van der Waals surface area contributed by atoms with Crippen LogP contribution >= 0.6 is 11.8 Å². The summed E-state index contributed by atoms with van der Waals surface area (Å²) in [5.41, 5.74) is -0.762. The molecule has 1 fully saturated rings. The molecule has 1 amide bonds. The van der Waals surface area contributed by atoms with Gasteiger partial charge in [0.15, 0.2) is 0 Å². The summed E-state index contributed by atoms with van der Waals surface area (Å²) >= 11 is 1.76. The molecule has 0 heterocycles. The van der Waals surface area contributed by atoms with E-state index in [0.717, 1.165) is 0 Å². The SMILES string of the molecule is CC(C)[C@@](C)(C#N)NC(=O)[C@H](C)SC1CCCC1. The maximum atomic E-state index is 12.1. The van der Waals surface area contributed by atoms with Crippen LogP contribution in [0.5, 0.6) is 0 Å². The van der Waals surface area contributed by atoms with Crippen LogP contribution in [-0.2, 0) is 4.79 Å². The molecule has 102 valence electrons. The molecule has 2 atom stereocenters. The number of nitrogens with one attached hydrogen (secondary N) is 1. The number of carbonyl (C=O) groups is 1. The van der Waals surface area contributed by atoms with Crippen molar-refractivity contribution >= 4 is 17.7 Å². The van der Waals surface area contributed by atoms with E-state index in [9.17, 15) is 10.1 Å². The Kier molecular flexibility index (Phi) is 5.52. The maximum Gasteiger partial charge on any atom is 0.234 e. The van der Waals surface area contributed by atoms with Crippen molar-refractivity contribution in [1.82, 2.24) is 5.32 Å². The van der Waals surface area contributed by atoms with Crippen LogP contribution in [0.25, 0.3) is 0 Å². The van der Waals surface area contributed by atoms with Crippen LogP contribution in [0.3, 0.4) is 0 Å². The van der Waals surface area contributed by atoms with E-state index in [0.29, 0.717) is 5.25 Å². The molecule has 0 unspecified atom stereocenters. The molecule has 0 aromatic rings. The van der Waals surface area contributed by atoms with Gasteiger partial charge in [-0.2, -0.15) is 5.26 Å². The number of nitrogens with zero attached hydrogens (tertiary/aromatic N) is 1. The number of rotatable bonds is 5. The lowest BCUT2D eigenvalue weighted by molar-refractivity contribution is -0.121. The van der Waals surface area contributed by atoms with E-state index in [1.807, 2.05) is 20.8 Å². The van der Waals surface area contributed by atoms with E-state index in [-0.39, 0.29) is 17.1 Å². The maximum absolute atomic E-state index is 12.1. The first-order chi connectivity index (χ1) is 8.39. The number of carbonyl (C=O) groups excluding carboxylic acids is 1. The summed E-state index contributed by atoms with van der Waals surface area (Å²) in [5.74, 6) is 0.0970. The van der Waals surface area contributed by atoms with Gasteiger partial charge >= 0.3 is 0 Å². The van der Waals surface area contributed by atoms with Gasteiger partial charge in [0.25, 0.3) is 0 Å². The van der Waals surface area contributed by atoms with Crippen LogP contribution in [0.2, 0.25) is 0 Å². The fourth-order valence-corrected chi connectivity index (χ4v) is 3.40. The molecule has 0 aliphatic heterocycles. The largest absolute Gasteiger partial charge is 0.337 e. The Morgan fingerprint density at radius 2 is 1.94 bits per heavy atom. The molecule has 0 saturated heterocycles. The highest BCUT2D eigenvalue weighted by molar-refractivity contribution is 8.01. The number of amides is 1. The molecule has 0 radical (unpaired) electrons. The minimum Gasteiger partial charge on any atom is -0.337 e. The van der Waals surface area contributed by atoms with Gasteiger partial charge in [0, 0.05) is 5.25 Å². The smallest absolute Gasteiger partial charge is 0.234 e. The summed E-state index contributed by atoms with van der Waals surface area (Å²) in [6.45, 7) is 7.65. The van der Waals surface area contributed by atoms with Crippen LogP contribution in [-0.4, -0.2) is 21.9 Å². The van der Waals surface area contributed by atoms with E-state index >= 15 is 0 Å². The van der Waals surface area contributed by atoms with E-state index < -0.39 is 5.54 Å². The van der Waals surface area contributed by atoms with Crippen molar-refractivity contribution in [3.8, 4) is 6.07 Å². The molecule has 18 heavy (non-hydrogen) atoms. The van der Waals surface area contributed by atoms with Crippen molar-refractivity contribution < 1.29 is 4.79 Å². The van der Waals surface area contributed by atoms with Gasteiger partial charge in [-0.15, -0.1) is 11.8 Å². The zero-order chi connectivity index (χ0) is 13.8. The van der Waals surface area contributed by atoms with Gasteiger partial charge in [0.2, 0.25) is 5.91 Å². The van der Waals surface area contributed by atoms with Crippen LogP contribution in [0, 0.1) is 17.2 Å². The Morgan fingerprint density at radius 3 is 2.39 bits per heavy atom. The monoisotopic (exact) mass is 268 g/mol. The molecule has 1 rings (SSSR count). The third-order valence-corrected chi connectivity index (χ3v) is 5.32. The van der Waals surface area contributed by atoms with E-state index in [2.05, 4.69) is 11.4 Å². The number of thioether (sulfide) groups is 1. The molecule has 1 N–H and O–H groups in total. The molecule has 0 aromatic heterocycles. The van der Waals surface area contributed by atoms with Gasteiger partial charge in [-0.25, -0.2) is 0 Å². The van der Waals surface area contributed by atoms with E-state index in [4.69, 9.17) is 0 Å². The van der Waals surface area contributed by atoms with Gasteiger partial charge < -0.3 is 5.32 Å². The van der Waals surface area contributed by atoms with E-state index in [1.54, 1.807) is 18.7 Å². The molecule has 4 heteroatoms. The number of nitriles is 1. The second-order valence-electron chi connectivity index (χ2n) is 5.64. The minimum atomic E-state index is -0.762. The van der Waals surface area contributed by atoms with Crippen molar-refractivity contribution in [2.24, 2.45) is 5.92 Å². The fraction of sp³-hybridized carbons (Fsp3) is 0.857. The van der Waals surface area contributed by atoms with Crippen LogP contribution in [0.15, 0.2) is 0 Å². The second kappa shape index (κ2) is 6.47. The summed E-state index contributed by atoms with van der Waals surface area (Å²) in [7, 11) is 0. The predicted molar refractivity (Wildman–Crippen MR) is 76.3 cm³/mol. The predicted octanol–water partition coefficient (Wildman–Crippen LogP) is 3.11. The first kappa shape index (κ1) is 15.4. The highest BCUT2D eigenvalue weighted by Crippen LogP contribution is 2.32. The average molecular weight is 268 g/mol. The standard InChI is InChI=1S/C14H24N2OS/c1-10(2)14(4,9-15)16-13(17)11(3)18-12-7-5-6-8-12/h10-12H,5-8H2,1-4H3,(H,16,17)/t11-,14+/m0/s1. The first-order valence-electron chi connectivity index (χ1n) is 6.78. The van der Waals surface area contributed by atoms with Crippen molar-refractivity contribution in [2.75, 3.05) is 0 Å². The van der Waals surface area contributed by atoms with Gasteiger partial charge in [0.1, 0.15) is 5.54 Å². The van der Waals surface area contributed by atoms with Crippen LogP contribution < -0.4 is 5.32 Å². The summed E-state index contributed by atoms with van der Waals surface area (Å²) in [4.78, 5) is 12.1. The molecule has 1 aliphatic rings. The highest BCUT2D eigenvalue weighted by atomic mass is 32.2. The summed E-state index contributed by atoms with van der Waals surface area (Å²) in [6.07, 6.45) is 5.02. The molecule has 3 nitrogen and oxygen atoms in total. The third kappa shape index (κ3) is 3.91. The molecule has 0 aromatic carbocycles. The van der Waals surface area contributed by atoms with Crippen molar-refractivity contribution in [1.29, 1.82) is 5.26 Å². The Hall–Kier alpha value is -0.690. The number of hydrogen-bond donors (Lipinski definition) is 1. The Labute approximate surface area is 115 Å². The van der Waals surface area contributed by atoms with E-state index in [1.165, 1.54) is 25.7 Å². The molecule has 1 saturated carbocycles. The third-order valence-electron chi connectivity index (χ3n) is 3.84. The zero-order valence-corrected chi connectivity index (χ0v) is 12.6. The Bertz CT molecular complexity index is 331. The second-order valence-corrected chi connectivity index (χ2v) is 7.29. The van der Waals surface area contributed by atoms with Crippen molar-refractivity contribution in [2.45, 2.75) is 69.4 Å². The lowest BCUT2D eigenvalue weighted by Gasteiger charge is -2.29. The van der Waals surface area contributed by atoms with Gasteiger partial charge in [-0.3, -0.25) is 4.79 Å². The molecular formula is C14H24N2OS. The lowest BCUT2D eigenvalue weighted by Crippen LogP contribution is -2.51. The Balaban J connectivity index is 2.51. The van der Waals surface area contributed by atoms with Gasteiger partial charge in [0.05, 0.1) is 11.3 Å². The number of hydrogen-bond acceptors (Lipinski definition) is 3. The Morgan fingerprint density at radius 1 is 1.39 bits per heavy atom. The molecule has 1 aliphatic carbocycles. The quantitative estimate of drug-likeness (QED) is 0.833.